The Hall–Kier alpha value is -3.26. The molecular weight excluding hydrogens is 367 g/mol. The minimum atomic E-state index is -3.48. The summed E-state index contributed by atoms with van der Waals surface area (Å²) >= 11 is 0. The van der Waals surface area contributed by atoms with Gasteiger partial charge in [-0.25, -0.2) is 17.5 Å². The molecule has 0 spiro atoms. The largest absolute Gasteiger partial charge is 0.382 e. The van der Waals surface area contributed by atoms with E-state index in [0.29, 0.717) is 38.6 Å². The highest BCUT2D eigenvalue weighted by Gasteiger charge is 2.26. The molecule has 2 aromatic carbocycles. The predicted octanol–water partition coefficient (Wildman–Crippen LogP) is 3.44. The summed E-state index contributed by atoms with van der Waals surface area (Å²) in [4.78, 5) is 4.62. The number of allylic oxidation sites excluding steroid dienone is 1. The van der Waals surface area contributed by atoms with Crippen LogP contribution in [0, 0.1) is 5.82 Å². The van der Waals surface area contributed by atoms with Gasteiger partial charge in [0, 0.05) is 22.4 Å². The average molecular weight is 380 g/mol. The van der Waals surface area contributed by atoms with Gasteiger partial charge in [0.25, 0.3) is 0 Å². The van der Waals surface area contributed by atoms with Crippen LogP contribution in [0.25, 0.3) is 33.1 Å². The fraction of sp³-hybridized carbons (Fsp3) is 0.0526. The second kappa shape index (κ2) is 5.14. The number of benzene rings is 2. The summed E-state index contributed by atoms with van der Waals surface area (Å²) in [5, 5.41) is 6.71. The summed E-state index contributed by atoms with van der Waals surface area (Å²) in [5.74, 6) is -0.209. The third kappa shape index (κ3) is 2.20. The van der Waals surface area contributed by atoms with Crippen LogP contribution in [-0.4, -0.2) is 23.2 Å². The van der Waals surface area contributed by atoms with E-state index in [0.717, 1.165) is 0 Å². The van der Waals surface area contributed by atoms with E-state index in [1.54, 1.807) is 42.1 Å². The molecule has 0 fully saturated rings. The summed E-state index contributed by atoms with van der Waals surface area (Å²) in [7, 11) is -3.48. The maximum absolute atomic E-state index is 13.6. The van der Waals surface area contributed by atoms with Gasteiger partial charge in [0.15, 0.2) is 5.82 Å². The maximum atomic E-state index is 13.6. The van der Waals surface area contributed by atoms with Crippen LogP contribution in [0.5, 0.6) is 0 Å². The lowest BCUT2D eigenvalue weighted by molar-refractivity contribution is 0.605. The van der Waals surface area contributed by atoms with Gasteiger partial charge in [0.1, 0.15) is 5.82 Å². The Morgan fingerprint density at radius 1 is 1.11 bits per heavy atom. The lowest BCUT2D eigenvalue weighted by Crippen LogP contribution is -2.01. The molecule has 27 heavy (non-hydrogen) atoms. The number of halogens is 1. The second-order valence-electron chi connectivity index (χ2n) is 6.50. The molecule has 6 nitrogen and oxygen atoms in total. The van der Waals surface area contributed by atoms with Gasteiger partial charge in [-0.3, -0.25) is 4.98 Å². The summed E-state index contributed by atoms with van der Waals surface area (Å²) in [5.41, 5.74) is 9.18. The van der Waals surface area contributed by atoms with E-state index >= 15 is 0 Å². The van der Waals surface area contributed by atoms with Crippen LogP contribution in [0.4, 0.5) is 10.2 Å². The normalized spacial score (nSPS) is 15.3. The van der Waals surface area contributed by atoms with Crippen molar-refractivity contribution in [2.24, 2.45) is 0 Å². The minimum Gasteiger partial charge on any atom is -0.382 e. The summed E-state index contributed by atoms with van der Waals surface area (Å²) in [6, 6.07) is 9.36. The number of fused-ring (bicyclic) bond motifs is 3. The zero-order valence-corrected chi connectivity index (χ0v) is 15.0. The second-order valence-corrected chi connectivity index (χ2v) is 8.27. The van der Waals surface area contributed by atoms with Gasteiger partial charge in [0.05, 0.1) is 21.6 Å². The molecule has 0 saturated heterocycles. The van der Waals surface area contributed by atoms with Crippen molar-refractivity contribution in [3.63, 3.8) is 0 Å². The monoisotopic (exact) mass is 380 g/mol. The van der Waals surface area contributed by atoms with Crippen LogP contribution in [0.3, 0.4) is 0 Å². The molecule has 0 amide bonds. The molecule has 0 unspecified atom stereocenters. The fourth-order valence-corrected chi connectivity index (χ4v) is 5.07. The number of nitrogens with two attached hydrogens (primary N) is 1. The molecule has 8 heteroatoms. The number of nitrogens with zero attached hydrogens (tertiary/aromatic N) is 3. The van der Waals surface area contributed by atoms with Crippen LogP contribution in [0.2, 0.25) is 0 Å². The summed E-state index contributed by atoms with van der Waals surface area (Å²) < 4.78 is 40.0. The number of aromatic nitrogens is 3. The molecular formula is C19H13FN4O2S. The fourth-order valence-electron chi connectivity index (χ4n) is 3.54. The van der Waals surface area contributed by atoms with E-state index in [4.69, 9.17) is 5.73 Å². The van der Waals surface area contributed by atoms with E-state index in [1.807, 2.05) is 0 Å². The molecule has 2 aromatic heterocycles. The zero-order valence-electron chi connectivity index (χ0n) is 14.1. The first-order valence-corrected chi connectivity index (χ1v) is 9.70. The van der Waals surface area contributed by atoms with Gasteiger partial charge >= 0.3 is 0 Å². The smallest absolute Gasteiger partial charge is 0.200 e. The Bertz CT molecular complexity index is 1420. The standard InChI is InChI=1S/C19H13FN4O2S/c1-10-9-27(25,26)18-8-13-15(7-12(10)18)22-5-4-17(13)24-16-3-2-11(20)6-14(16)19(21)23-24/h2-9H,1H3,(H2,21,23). The van der Waals surface area contributed by atoms with Gasteiger partial charge < -0.3 is 5.73 Å². The van der Waals surface area contributed by atoms with E-state index in [-0.39, 0.29) is 10.7 Å². The van der Waals surface area contributed by atoms with Crippen molar-refractivity contribution >= 4 is 43.0 Å². The minimum absolute atomic E-state index is 0.195. The van der Waals surface area contributed by atoms with Crippen LogP contribution in [0.15, 0.2) is 52.9 Å². The van der Waals surface area contributed by atoms with Gasteiger partial charge in [-0.2, -0.15) is 0 Å². The van der Waals surface area contributed by atoms with Crippen molar-refractivity contribution in [1.82, 2.24) is 14.8 Å². The van der Waals surface area contributed by atoms with Gasteiger partial charge in [0.2, 0.25) is 9.84 Å². The summed E-state index contributed by atoms with van der Waals surface area (Å²) in [6.45, 7) is 1.76. The van der Waals surface area contributed by atoms with Crippen LogP contribution in [-0.2, 0) is 9.84 Å². The Labute approximate surface area is 153 Å². The van der Waals surface area contributed by atoms with Crippen LogP contribution >= 0.6 is 0 Å². The summed E-state index contributed by atoms with van der Waals surface area (Å²) in [6.07, 6.45) is 1.62. The first-order valence-electron chi connectivity index (χ1n) is 8.16. The van der Waals surface area contributed by atoms with Crippen LogP contribution in [0.1, 0.15) is 12.5 Å². The van der Waals surface area contributed by atoms with E-state index in [2.05, 4.69) is 10.1 Å². The highest BCUT2D eigenvalue weighted by Crippen LogP contribution is 2.37. The Morgan fingerprint density at radius 2 is 1.93 bits per heavy atom. The van der Waals surface area contributed by atoms with Crippen molar-refractivity contribution in [2.75, 3.05) is 5.73 Å². The number of pyridine rings is 1. The van der Waals surface area contributed by atoms with Crippen molar-refractivity contribution in [3.8, 4) is 5.69 Å². The van der Waals surface area contributed by atoms with Crippen molar-refractivity contribution < 1.29 is 12.8 Å². The third-order valence-electron chi connectivity index (χ3n) is 4.78. The van der Waals surface area contributed by atoms with Crippen molar-refractivity contribution in [2.45, 2.75) is 11.8 Å². The average Bonchev–Trinajstić information content (AvgIpc) is 3.06. The van der Waals surface area contributed by atoms with Gasteiger partial charge in [-0.15, -0.1) is 5.10 Å². The van der Waals surface area contributed by atoms with Gasteiger partial charge in [-0.1, -0.05) is 0 Å². The predicted molar refractivity (Wildman–Crippen MR) is 102 cm³/mol. The number of sulfone groups is 1. The first kappa shape index (κ1) is 16.0. The molecule has 1 aliphatic rings. The Balaban J connectivity index is 1.87. The molecule has 0 bridgehead atoms. The number of hydrogen-bond acceptors (Lipinski definition) is 5. The highest BCUT2D eigenvalue weighted by molar-refractivity contribution is 7.95. The maximum Gasteiger partial charge on any atom is 0.200 e. The Kier molecular flexibility index (Phi) is 3.04. The highest BCUT2D eigenvalue weighted by atomic mass is 32.2. The molecule has 0 atom stereocenters. The molecule has 0 radical (unpaired) electrons. The molecule has 4 aromatic rings. The number of nitrogen functional groups attached to an aromatic ring is 1. The SMILES string of the molecule is CC1=CS(=O)(=O)c2cc3c(-n4nc(N)c5cc(F)ccc54)ccnc3cc21. The van der Waals surface area contributed by atoms with Gasteiger partial charge in [-0.05, 0) is 54.5 Å². The quantitative estimate of drug-likeness (QED) is 0.546. The van der Waals surface area contributed by atoms with E-state index < -0.39 is 15.7 Å². The number of hydrogen-bond donors (Lipinski definition) is 1. The molecule has 5 rings (SSSR count). The van der Waals surface area contributed by atoms with Crippen molar-refractivity contribution in [1.29, 1.82) is 0 Å². The Morgan fingerprint density at radius 3 is 2.74 bits per heavy atom. The van der Waals surface area contributed by atoms with E-state index in [9.17, 15) is 12.8 Å². The first-order chi connectivity index (χ1) is 12.8. The molecule has 1 aliphatic heterocycles. The topological polar surface area (TPSA) is 90.9 Å². The molecule has 0 aliphatic carbocycles. The molecule has 2 N–H and O–H groups in total. The molecule has 3 heterocycles. The van der Waals surface area contributed by atoms with Crippen molar-refractivity contribution in [3.05, 3.63) is 59.4 Å². The third-order valence-corrected chi connectivity index (χ3v) is 6.40. The lowest BCUT2D eigenvalue weighted by atomic mass is 10.1. The number of anilines is 1. The number of rotatable bonds is 1. The molecule has 0 saturated carbocycles. The van der Waals surface area contributed by atoms with E-state index in [1.165, 1.54) is 17.5 Å². The zero-order chi connectivity index (χ0) is 18.9. The lowest BCUT2D eigenvalue weighted by Gasteiger charge is -2.10. The van der Waals surface area contributed by atoms with Crippen LogP contribution < -0.4 is 5.73 Å². The molecule has 134 valence electrons.